The van der Waals surface area contributed by atoms with Gasteiger partial charge in [-0.15, -0.1) is 0 Å². The number of hydrogen-bond donors (Lipinski definition) is 1. The summed E-state index contributed by atoms with van der Waals surface area (Å²) in [6.45, 7) is 0.386. The minimum atomic E-state index is -0.707. The van der Waals surface area contributed by atoms with Crippen molar-refractivity contribution in [2.24, 2.45) is 0 Å². The summed E-state index contributed by atoms with van der Waals surface area (Å²) in [6.07, 6.45) is 0.516. The van der Waals surface area contributed by atoms with Gasteiger partial charge in [-0.05, 0) is 29.7 Å². The Labute approximate surface area is 198 Å². The van der Waals surface area contributed by atoms with E-state index in [1.807, 2.05) is 24.3 Å². The molecule has 2 fully saturated rings. The van der Waals surface area contributed by atoms with Crippen LogP contribution in [0, 0.1) is 0 Å². The number of amides is 4. The van der Waals surface area contributed by atoms with E-state index in [0.29, 0.717) is 24.3 Å². The lowest BCUT2D eigenvalue weighted by Crippen LogP contribution is -2.52. The Hall–Kier alpha value is -3.72. The molecule has 2 atom stereocenters. The summed E-state index contributed by atoms with van der Waals surface area (Å²) in [5.41, 5.74) is 3.05. The van der Waals surface area contributed by atoms with Gasteiger partial charge in [-0.1, -0.05) is 30.3 Å². The molecule has 4 amide bonds. The summed E-state index contributed by atoms with van der Waals surface area (Å²) < 4.78 is 19.1. The summed E-state index contributed by atoms with van der Waals surface area (Å²) in [5, 5.41) is 2.31. The topological polar surface area (TPSA) is 105 Å². The minimum Gasteiger partial charge on any atom is -0.489 e. The zero-order valence-corrected chi connectivity index (χ0v) is 18.5. The molecule has 2 aromatic carbocycles. The van der Waals surface area contributed by atoms with E-state index in [4.69, 9.17) is 10.8 Å². The molecule has 1 N–H and O–H groups in total. The van der Waals surface area contributed by atoms with Crippen molar-refractivity contribution in [2.75, 3.05) is 19.7 Å². The fourth-order valence-corrected chi connectivity index (χ4v) is 4.42. The highest BCUT2D eigenvalue weighted by Crippen LogP contribution is 2.34. The van der Waals surface area contributed by atoms with Gasteiger partial charge < -0.3 is 19.3 Å². The normalized spacial score (nSPS) is 23.0. The highest BCUT2D eigenvalue weighted by molar-refractivity contribution is 6.05. The Morgan fingerprint density at radius 1 is 1.09 bits per heavy atom. The number of fused-ring (bicyclic) bond motifs is 1. The molecular weight excluding hydrogens is 438 g/mol. The van der Waals surface area contributed by atoms with Crippen LogP contribution in [0.25, 0.3) is 0 Å². The number of carbonyl (C=O) groups excluding carboxylic acids is 4. The van der Waals surface area contributed by atoms with Gasteiger partial charge in [0, 0.05) is 30.6 Å². The maximum absolute atomic E-state index is 13.0. The average Bonchev–Trinajstić information content (AvgIpc) is 3.18. The molecule has 0 aliphatic carbocycles. The lowest BCUT2D eigenvalue weighted by atomic mass is 10.0. The van der Waals surface area contributed by atoms with E-state index in [9.17, 15) is 19.2 Å². The molecule has 0 saturated carbocycles. The Balaban J connectivity index is 1.23. The molecule has 3 heterocycles. The fourth-order valence-electron chi connectivity index (χ4n) is 4.42. The molecule has 2 aromatic rings. The van der Waals surface area contributed by atoms with Crippen molar-refractivity contribution < 1.29 is 30.0 Å². The van der Waals surface area contributed by atoms with Gasteiger partial charge in [-0.25, -0.2) is 0 Å². The van der Waals surface area contributed by atoms with E-state index in [1.165, 1.54) is 9.80 Å². The summed E-state index contributed by atoms with van der Waals surface area (Å²) in [6, 6.07) is 12.2. The second-order valence-electron chi connectivity index (χ2n) is 8.51. The molecule has 2 saturated heterocycles. The summed E-state index contributed by atoms with van der Waals surface area (Å²) in [5.74, 6) is -0.621. The maximum Gasteiger partial charge on any atom is 0.255 e. The third-order valence-electron chi connectivity index (χ3n) is 6.27. The highest BCUT2D eigenvalue weighted by atomic mass is 16.5. The van der Waals surface area contributed by atoms with E-state index in [0.717, 1.165) is 16.7 Å². The molecule has 0 aromatic heterocycles. The zero-order chi connectivity index (χ0) is 24.5. The number of hydrogen-bond acceptors (Lipinski definition) is 6. The molecule has 3 aliphatic heterocycles. The monoisotopic (exact) mass is 464 g/mol. The number of piperidine rings is 1. The molecule has 0 bridgehead atoms. The van der Waals surface area contributed by atoms with Gasteiger partial charge in [0.2, 0.25) is 17.7 Å². The molecule has 2 unspecified atom stereocenters. The first kappa shape index (κ1) is 20.9. The van der Waals surface area contributed by atoms with Gasteiger partial charge in [-0.2, -0.15) is 0 Å². The van der Waals surface area contributed by atoms with Crippen molar-refractivity contribution in [3.8, 4) is 5.75 Å². The molecule has 9 nitrogen and oxygen atoms in total. The fraction of sp³-hybridized carbons (Fsp3) is 0.360. The number of rotatable bonds is 6. The predicted octanol–water partition coefficient (Wildman–Crippen LogP) is 1.39. The number of benzene rings is 2. The van der Waals surface area contributed by atoms with Crippen molar-refractivity contribution in [1.29, 1.82) is 0 Å². The number of morpholine rings is 1. The van der Waals surface area contributed by atoms with Crippen LogP contribution in [0.4, 0.5) is 0 Å². The first-order valence-electron chi connectivity index (χ1n) is 11.7. The van der Waals surface area contributed by atoms with Crippen LogP contribution >= 0.6 is 0 Å². The van der Waals surface area contributed by atoms with Crippen LogP contribution in [0.5, 0.6) is 5.75 Å². The van der Waals surface area contributed by atoms with Crippen LogP contribution in [0.1, 0.15) is 41.3 Å². The van der Waals surface area contributed by atoms with E-state index >= 15 is 0 Å². The van der Waals surface area contributed by atoms with Gasteiger partial charge in [0.15, 0.2) is 0 Å². The predicted molar refractivity (Wildman–Crippen MR) is 119 cm³/mol. The average molecular weight is 464 g/mol. The van der Waals surface area contributed by atoms with Crippen LogP contribution in [-0.4, -0.2) is 59.2 Å². The van der Waals surface area contributed by atoms with Gasteiger partial charge in [0.05, 0.1) is 14.5 Å². The Kier molecular flexibility index (Phi) is 5.68. The van der Waals surface area contributed by atoms with Crippen molar-refractivity contribution in [3.63, 3.8) is 0 Å². The van der Waals surface area contributed by atoms with E-state index in [-0.39, 0.29) is 50.5 Å². The summed E-state index contributed by atoms with van der Waals surface area (Å²) in [4.78, 5) is 51.7. The molecule has 34 heavy (non-hydrogen) atoms. The second kappa shape index (κ2) is 9.26. The molecule has 0 spiro atoms. The molecule has 176 valence electrons. The van der Waals surface area contributed by atoms with Crippen LogP contribution < -0.4 is 10.1 Å². The molecule has 0 radical (unpaired) electrons. The van der Waals surface area contributed by atoms with Crippen LogP contribution in [-0.2, 0) is 38.8 Å². The van der Waals surface area contributed by atoms with Crippen molar-refractivity contribution in [1.82, 2.24) is 15.1 Å². The van der Waals surface area contributed by atoms with Gasteiger partial charge in [0.1, 0.15) is 25.0 Å². The standard InChI is InChI=1S/C25H25N3O6/c29-22-9-8-20(24(31)26-22)28-13-19-18(25(28)32)2-1-3-21(19)34-14-17-6-4-16(5-7-17)12-27-10-11-33-15-23(27)30/h1-7,20H,8-15H2,(H,26,29,31)/i10D. The number of imide groups is 1. The number of carbonyl (C=O) groups is 4. The molecule has 3 aliphatic rings. The molecular formula is C25H25N3O6. The number of nitrogens with zero attached hydrogens (tertiary/aromatic N) is 2. The Bertz CT molecular complexity index is 1180. The van der Waals surface area contributed by atoms with Crippen LogP contribution in [0.2, 0.25) is 0 Å². The summed E-state index contributed by atoms with van der Waals surface area (Å²) in [7, 11) is 0. The maximum atomic E-state index is 13.0. The lowest BCUT2D eigenvalue weighted by Gasteiger charge is -2.29. The SMILES string of the molecule is [2H]C1COCC(=O)N1Cc1ccc(COc2cccc3c2CN(C2CCC(=O)NC2=O)C3=O)cc1. The third kappa shape index (κ3) is 4.38. The first-order valence-corrected chi connectivity index (χ1v) is 11.2. The Morgan fingerprint density at radius 3 is 2.65 bits per heavy atom. The highest BCUT2D eigenvalue weighted by Gasteiger charge is 2.40. The van der Waals surface area contributed by atoms with E-state index < -0.39 is 18.5 Å². The molecule has 9 heteroatoms. The first-order chi connectivity index (χ1) is 16.9. The largest absolute Gasteiger partial charge is 0.489 e. The van der Waals surface area contributed by atoms with Gasteiger partial charge in [-0.3, -0.25) is 24.5 Å². The summed E-state index contributed by atoms with van der Waals surface area (Å²) >= 11 is 0. The smallest absolute Gasteiger partial charge is 0.255 e. The lowest BCUT2D eigenvalue weighted by molar-refractivity contribution is -0.143. The zero-order valence-electron chi connectivity index (χ0n) is 19.5. The van der Waals surface area contributed by atoms with E-state index in [1.54, 1.807) is 18.2 Å². The van der Waals surface area contributed by atoms with Gasteiger partial charge >= 0.3 is 0 Å². The molecule has 5 rings (SSSR count). The van der Waals surface area contributed by atoms with Gasteiger partial charge in [0.25, 0.3) is 5.91 Å². The van der Waals surface area contributed by atoms with Crippen molar-refractivity contribution in [3.05, 3.63) is 64.7 Å². The van der Waals surface area contributed by atoms with Crippen LogP contribution in [0.3, 0.4) is 0 Å². The Morgan fingerprint density at radius 2 is 1.88 bits per heavy atom. The van der Waals surface area contributed by atoms with Crippen molar-refractivity contribution >= 4 is 23.6 Å². The van der Waals surface area contributed by atoms with E-state index in [2.05, 4.69) is 5.32 Å². The third-order valence-corrected chi connectivity index (χ3v) is 6.27. The minimum absolute atomic E-state index is 0.00613. The number of nitrogens with one attached hydrogen (secondary N) is 1. The quantitative estimate of drug-likeness (QED) is 0.648. The van der Waals surface area contributed by atoms with Crippen molar-refractivity contribution in [2.45, 2.75) is 38.6 Å². The number of ether oxygens (including phenoxy) is 2. The van der Waals surface area contributed by atoms with Crippen LogP contribution in [0.15, 0.2) is 42.5 Å². The second-order valence-corrected chi connectivity index (χ2v) is 8.51.